The lowest BCUT2D eigenvalue weighted by molar-refractivity contribution is -0.174. The van der Waals surface area contributed by atoms with Crippen LogP contribution in [0.1, 0.15) is 46.2 Å². The normalized spacial score (nSPS) is 20.0. The van der Waals surface area contributed by atoms with E-state index in [0.717, 1.165) is 10.6 Å². The molecule has 2 aliphatic heterocycles. The van der Waals surface area contributed by atoms with Crippen molar-refractivity contribution in [1.29, 1.82) is 0 Å². The average Bonchev–Trinajstić information content (AvgIpc) is 3.50. The molecule has 3 heterocycles. The highest BCUT2D eigenvalue weighted by Gasteiger charge is 2.41. The number of sulfonamides is 1. The van der Waals surface area contributed by atoms with Gasteiger partial charge in [0.25, 0.3) is 5.91 Å². The molecule has 1 unspecified atom stereocenters. The molecule has 0 bridgehead atoms. The minimum atomic E-state index is -4.97. The van der Waals surface area contributed by atoms with Gasteiger partial charge in [-0.2, -0.15) is 17.5 Å². The van der Waals surface area contributed by atoms with Crippen LogP contribution in [0, 0.1) is 6.92 Å². The molecule has 8 nitrogen and oxygen atoms in total. The number of carbonyl (C=O) groups excluding carboxylic acids is 2. The fourth-order valence-electron chi connectivity index (χ4n) is 4.29. The van der Waals surface area contributed by atoms with E-state index in [9.17, 15) is 31.2 Å². The van der Waals surface area contributed by atoms with Crippen LogP contribution in [0.4, 0.5) is 13.2 Å². The summed E-state index contributed by atoms with van der Waals surface area (Å²) in [6.07, 6.45) is -3.67. The molecule has 2 amide bonds. The summed E-state index contributed by atoms with van der Waals surface area (Å²) in [4.78, 5) is 29.9. The number of thiazole rings is 1. The number of benzene rings is 1. The smallest absolute Gasteiger partial charge is 0.344 e. The maximum absolute atomic E-state index is 13.0. The van der Waals surface area contributed by atoms with Crippen LogP contribution in [0.2, 0.25) is 5.02 Å². The monoisotopic (exact) mass is 564 g/mol. The molecule has 0 spiro atoms. The second-order valence-corrected chi connectivity index (χ2v) is 12.1. The Morgan fingerprint density at radius 1 is 1.17 bits per heavy atom. The minimum Gasteiger partial charge on any atom is -0.344 e. The molecule has 14 heteroatoms. The van der Waals surface area contributed by atoms with E-state index in [4.69, 9.17) is 11.6 Å². The van der Waals surface area contributed by atoms with Crippen LogP contribution in [0.15, 0.2) is 28.5 Å². The summed E-state index contributed by atoms with van der Waals surface area (Å²) in [6.45, 7) is 2.59. The number of amides is 2. The van der Waals surface area contributed by atoms with Crippen LogP contribution in [0.5, 0.6) is 0 Å². The summed E-state index contributed by atoms with van der Waals surface area (Å²) in [7, 11) is -3.68. The molecule has 0 radical (unpaired) electrons. The van der Waals surface area contributed by atoms with E-state index < -0.39 is 34.1 Å². The molecule has 1 aromatic heterocycles. The van der Waals surface area contributed by atoms with Crippen LogP contribution < -0.4 is 5.32 Å². The lowest BCUT2D eigenvalue weighted by Gasteiger charge is -2.30. The molecule has 2 fully saturated rings. The number of aromatic nitrogens is 1. The third-order valence-electron chi connectivity index (χ3n) is 6.39. The van der Waals surface area contributed by atoms with E-state index in [0.29, 0.717) is 31.0 Å². The molecule has 1 N–H and O–H groups in total. The maximum atomic E-state index is 13.0. The molecule has 0 aliphatic carbocycles. The topological polar surface area (TPSA) is 99.7 Å². The van der Waals surface area contributed by atoms with Crippen molar-refractivity contribution in [2.75, 3.05) is 26.2 Å². The first-order chi connectivity index (χ1) is 16.9. The van der Waals surface area contributed by atoms with Crippen LogP contribution in [0.3, 0.4) is 0 Å². The van der Waals surface area contributed by atoms with Gasteiger partial charge in [-0.3, -0.25) is 9.59 Å². The summed E-state index contributed by atoms with van der Waals surface area (Å²) in [5.74, 6) is -2.43. The van der Waals surface area contributed by atoms with Crippen LogP contribution in [0.25, 0.3) is 0 Å². The quantitative estimate of drug-likeness (QED) is 0.598. The van der Waals surface area contributed by atoms with Crippen LogP contribution >= 0.6 is 22.9 Å². The van der Waals surface area contributed by atoms with Gasteiger partial charge in [-0.25, -0.2) is 13.4 Å². The van der Waals surface area contributed by atoms with E-state index in [1.807, 2.05) is 5.32 Å². The molecule has 196 valence electrons. The fourth-order valence-corrected chi connectivity index (χ4v) is 7.00. The van der Waals surface area contributed by atoms with E-state index in [-0.39, 0.29) is 36.0 Å². The summed E-state index contributed by atoms with van der Waals surface area (Å²) >= 11 is 7.40. The van der Waals surface area contributed by atoms with Crippen molar-refractivity contribution in [3.8, 4) is 0 Å². The Morgan fingerprint density at radius 2 is 1.86 bits per heavy atom. The molecule has 2 aromatic rings. The van der Waals surface area contributed by atoms with Gasteiger partial charge >= 0.3 is 12.1 Å². The van der Waals surface area contributed by atoms with Crippen LogP contribution in [-0.4, -0.2) is 72.8 Å². The number of aryl methyl sites for hydroxylation is 1. The highest BCUT2D eigenvalue weighted by Crippen LogP contribution is 2.33. The first-order valence-electron chi connectivity index (χ1n) is 11.2. The Balaban J connectivity index is 1.34. The second kappa shape index (κ2) is 10.3. The van der Waals surface area contributed by atoms with Crippen LogP contribution in [-0.2, 0) is 14.8 Å². The largest absolute Gasteiger partial charge is 0.471 e. The van der Waals surface area contributed by atoms with Gasteiger partial charge in [0.1, 0.15) is 5.69 Å². The lowest BCUT2D eigenvalue weighted by Crippen LogP contribution is -2.44. The molecular weight excluding hydrogens is 541 g/mol. The van der Waals surface area contributed by atoms with E-state index in [2.05, 4.69) is 4.98 Å². The minimum absolute atomic E-state index is 0.0120. The van der Waals surface area contributed by atoms with Gasteiger partial charge in [-0.15, -0.1) is 11.3 Å². The number of halogens is 4. The van der Waals surface area contributed by atoms with E-state index in [1.54, 1.807) is 24.4 Å². The molecule has 0 saturated carbocycles. The zero-order valence-electron chi connectivity index (χ0n) is 19.2. The Morgan fingerprint density at radius 3 is 2.50 bits per heavy atom. The van der Waals surface area contributed by atoms with Crippen molar-refractivity contribution in [3.05, 3.63) is 44.9 Å². The highest BCUT2D eigenvalue weighted by atomic mass is 35.5. The Bertz CT molecular complexity index is 1260. The van der Waals surface area contributed by atoms with E-state index in [1.165, 1.54) is 26.6 Å². The van der Waals surface area contributed by atoms with Gasteiger partial charge in [0.15, 0.2) is 0 Å². The van der Waals surface area contributed by atoms with Gasteiger partial charge in [-0.05, 0) is 43.9 Å². The lowest BCUT2D eigenvalue weighted by atomic mass is 9.99. The number of nitrogens with zero attached hydrogens (tertiary/aromatic N) is 3. The summed E-state index contributed by atoms with van der Waals surface area (Å²) in [6, 6.07) is 3.90. The van der Waals surface area contributed by atoms with Gasteiger partial charge in [0.2, 0.25) is 10.0 Å². The highest BCUT2D eigenvalue weighted by molar-refractivity contribution is 7.89. The van der Waals surface area contributed by atoms with Crippen molar-refractivity contribution >= 4 is 44.8 Å². The second-order valence-electron chi connectivity index (χ2n) is 8.87. The maximum Gasteiger partial charge on any atom is 0.471 e. The van der Waals surface area contributed by atoms with Crippen molar-refractivity contribution in [1.82, 2.24) is 19.5 Å². The molecule has 36 heavy (non-hydrogen) atoms. The third kappa shape index (κ3) is 5.68. The van der Waals surface area contributed by atoms with Crippen molar-refractivity contribution < 1.29 is 31.2 Å². The Labute approximate surface area is 215 Å². The average molecular weight is 565 g/mol. The number of piperidine rings is 1. The zero-order valence-corrected chi connectivity index (χ0v) is 21.6. The summed E-state index contributed by atoms with van der Waals surface area (Å²) < 4.78 is 64.8. The number of carbonyl (C=O) groups is 2. The standard InChI is InChI=1S/C22H24ClF3N4O4S2/c1-13-2-3-16(10-17(13)23)36(33,34)30-8-4-14(5-9-30)19-28-18(12-35-19)20(31)29-7-6-15(11-29)27-21(32)22(24,25)26/h2-3,10,12,14-15H,4-9,11H2,1H3,(H,27,32). The van der Waals surface area contributed by atoms with Gasteiger partial charge in [0.05, 0.1) is 9.90 Å². The fraction of sp³-hybridized carbons (Fsp3) is 0.500. The first kappa shape index (κ1) is 26.8. The predicted molar refractivity (Wildman–Crippen MR) is 128 cm³/mol. The molecular formula is C22H24ClF3N4O4S2. The number of rotatable bonds is 5. The number of hydrogen-bond donors (Lipinski definition) is 1. The molecule has 2 aliphatic rings. The summed E-state index contributed by atoms with van der Waals surface area (Å²) in [5.41, 5.74) is 0.987. The van der Waals surface area contributed by atoms with Gasteiger partial charge in [-0.1, -0.05) is 17.7 Å². The van der Waals surface area contributed by atoms with Crippen molar-refractivity contribution in [2.45, 2.75) is 49.2 Å². The molecule has 4 rings (SSSR count). The predicted octanol–water partition coefficient (Wildman–Crippen LogP) is 3.57. The number of alkyl halides is 3. The number of likely N-dealkylation sites (tertiary alicyclic amines) is 1. The molecule has 1 aromatic carbocycles. The van der Waals surface area contributed by atoms with E-state index >= 15 is 0 Å². The summed E-state index contributed by atoms with van der Waals surface area (Å²) in [5, 5.41) is 4.62. The third-order valence-corrected chi connectivity index (χ3v) is 9.70. The van der Waals surface area contributed by atoms with Crippen molar-refractivity contribution in [2.24, 2.45) is 0 Å². The molecule has 1 atom stereocenters. The zero-order chi connectivity index (χ0) is 26.3. The number of hydrogen-bond acceptors (Lipinski definition) is 6. The Kier molecular flexibility index (Phi) is 7.65. The van der Waals surface area contributed by atoms with Gasteiger partial charge < -0.3 is 10.2 Å². The molecule has 2 saturated heterocycles. The van der Waals surface area contributed by atoms with Crippen molar-refractivity contribution in [3.63, 3.8) is 0 Å². The Hall–Kier alpha value is -2.22. The number of nitrogens with one attached hydrogen (secondary N) is 1. The SMILES string of the molecule is Cc1ccc(S(=O)(=O)N2CCC(c3nc(C(=O)N4CCC(NC(=O)C(F)(F)F)C4)cs3)CC2)cc1Cl. The first-order valence-corrected chi connectivity index (χ1v) is 13.9. The van der Waals surface area contributed by atoms with Gasteiger partial charge in [0, 0.05) is 48.5 Å².